The number of fused-ring (bicyclic) bond motifs is 6. The maximum Gasteiger partial charge on any atom is 1.00 e. The van der Waals surface area contributed by atoms with Gasteiger partial charge in [0.15, 0.2) is 5.90 Å². The van der Waals surface area contributed by atoms with E-state index in [0.717, 1.165) is 24.0 Å². The maximum atomic E-state index is 7.27. The summed E-state index contributed by atoms with van der Waals surface area (Å²) in [7, 11) is -1.69. The molecule has 292 valence electrons. The topological polar surface area (TPSA) is 0 Å². The van der Waals surface area contributed by atoms with E-state index in [9.17, 15) is 0 Å². The molecule has 0 saturated carbocycles. The van der Waals surface area contributed by atoms with Gasteiger partial charge in [-0.2, -0.15) is 0 Å². The fourth-order valence-corrected chi connectivity index (χ4v) is 15.8. The predicted molar refractivity (Wildman–Crippen MR) is 248 cm³/mol. The Morgan fingerprint density at radius 3 is 0.949 bits per heavy atom. The van der Waals surface area contributed by atoms with E-state index in [1.807, 2.05) is 24.3 Å². The summed E-state index contributed by atoms with van der Waals surface area (Å²) in [6, 6.07) is 73.5. The maximum absolute atomic E-state index is 7.27. The zero-order valence-electron chi connectivity index (χ0n) is 32.4. The second-order valence-electron chi connectivity index (χ2n) is 14.2. The van der Waals surface area contributed by atoms with E-state index < -0.39 is 15.8 Å². The Kier molecular flexibility index (Phi) is 15.9. The summed E-state index contributed by atoms with van der Waals surface area (Å²) >= 11 is 0. The van der Waals surface area contributed by atoms with Crippen molar-refractivity contribution in [3.8, 4) is 34.1 Å². The van der Waals surface area contributed by atoms with Crippen LogP contribution in [-0.4, -0.2) is 5.90 Å². The molecule has 8 aromatic carbocycles. The largest absolute Gasteiger partial charge is 1.00 e. The van der Waals surface area contributed by atoms with Crippen LogP contribution in [0.3, 0.4) is 0 Å². The van der Waals surface area contributed by atoms with Crippen LogP contribution in [0.1, 0.15) is 33.4 Å². The van der Waals surface area contributed by atoms with E-state index in [1.54, 1.807) is 0 Å². The van der Waals surface area contributed by atoms with Crippen molar-refractivity contribution in [3.05, 3.63) is 252 Å². The van der Waals surface area contributed by atoms with Crippen molar-refractivity contribution in [1.29, 1.82) is 0 Å². The summed E-state index contributed by atoms with van der Waals surface area (Å²) in [6.45, 7) is 0. The molecule has 0 spiro atoms. The Morgan fingerprint density at radius 1 is 0.339 bits per heavy atom. The first-order valence-electron chi connectivity index (χ1n) is 19.4. The Bertz CT molecular complexity index is 2420. The van der Waals surface area contributed by atoms with Crippen LogP contribution >= 0.6 is 15.8 Å². The van der Waals surface area contributed by atoms with Crippen molar-refractivity contribution in [2.75, 3.05) is 5.90 Å². The molecule has 0 saturated heterocycles. The molecule has 0 aromatic heterocycles. The molecule has 10 rings (SSSR count). The van der Waals surface area contributed by atoms with Gasteiger partial charge in [-0.25, -0.2) is 0 Å². The van der Waals surface area contributed by atoms with E-state index in [2.05, 4.69) is 194 Å². The molecule has 0 bridgehead atoms. The van der Waals surface area contributed by atoms with E-state index >= 15 is 0 Å². The van der Waals surface area contributed by atoms with Gasteiger partial charge < -0.3 is 12.8 Å². The van der Waals surface area contributed by atoms with Crippen molar-refractivity contribution < 1.29 is 44.8 Å². The number of hydrogen-bond donors (Lipinski definition) is 0. The number of rotatable bonds is 6. The molecular formula is C55H42Au2P2+2. The number of benzene rings is 8. The van der Waals surface area contributed by atoms with Crippen LogP contribution < -0.4 is 21.2 Å². The van der Waals surface area contributed by atoms with Crippen LogP contribution in [0.5, 0.6) is 0 Å². The van der Waals surface area contributed by atoms with Gasteiger partial charge in [0.1, 0.15) is 37.1 Å². The first-order chi connectivity index (χ1) is 28.2. The van der Waals surface area contributed by atoms with Gasteiger partial charge in [-0.3, -0.25) is 11.8 Å². The van der Waals surface area contributed by atoms with Crippen LogP contribution in [0.2, 0.25) is 0 Å². The molecular weight excluding hydrogens is 1120 g/mol. The summed E-state index contributed by atoms with van der Waals surface area (Å²) in [4.78, 5) is 0. The molecule has 4 heteroatoms. The van der Waals surface area contributed by atoms with Gasteiger partial charge in [0, 0.05) is 0 Å². The molecule has 0 heterocycles. The van der Waals surface area contributed by atoms with Crippen LogP contribution in [0.4, 0.5) is 0 Å². The summed E-state index contributed by atoms with van der Waals surface area (Å²) in [5.41, 5.74) is 12.2. The van der Waals surface area contributed by atoms with Gasteiger partial charge in [0.25, 0.3) is 0 Å². The SMILES string of the molecule is [Au+].[Au+].[C-]#Cc1cccc2c1Cc1ccccc1-2.[C-]#Cc1cccc2c1Cc1ccccc1-2.c1ccc([PH+](C[PH+](c2ccccc2)c2ccccc2)c2ccccc2)cc1. The third-order valence-electron chi connectivity index (χ3n) is 10.8. The monoisotopic (exact) mass is 1160 g/mol. The molecule has 0 fully saturated rings. The van der Waals surface area contributed by atoms with Crippen molar-refractivity contribution in [2.24, 2.45) is 0 Å². The van der Waals surface area contributed by atoms with E-state index in [0.29, 0.717) is 0 Å². The Morgan fingerprint density at radius 2 is 0.627 bits per heavy atom. The van der Waals surface area contributed by atoms with Crippen molar-refractivity contribution >= 4 is 37.1 Å². The predicted octanol–water partition coefficient (Wildman–Crippen LogP) is 11.1. The van der Waals surface area contributed by atoms with Gasteiger partial charge in [0.05, 0.1) is 0 Å². The smallest absolute Gasteiger partial charge is 0.366 e. The number of hydrogen-bond acceptors (Lipinski definition) is 0. The third-order valence-corrected chi connectivity index (χ3v) is 17.8. The average Bonchev–Trinajstić information content (AvgIpc) is 3.87. The van der Waals surface area contributed by atoms with Gasteiger partial charge in [-0.15, -0.1) is 34.4 Å². The molecule has 0 radical (unpaired) electrons. The molecule has 0 N–H and O–H groups in total. The van der Waals surface area contributed by atoms with E-state index in [-0.39, 0.29) is 44.8 Å². The molecule has 2 aliphatic carbocycles. The van der Waals surface area contributed by atoms with Crippen molar-refractivity contribution in [3.63, 3.8) is 0 Å². The quantitative estimate of drug-likeness (QED) is 0.0674. The van der Waals surface area contributed by atoms with Crippen LogP contribution in [0.15, 0.2) is 206 Å². The second kappa shape index (κ2) is 21.5. The molecule has 59 heavy (non-hydrogen) atoms. The van der Waals surface area contributed by atoms with Crippen molar-refractivity contribution in [1.82, 2.24) is 0 Å². The zero-order chi connectivity index (χ0) is 38.8. The third kappa shape index (κ3) is 10.2. The molecule has 0 atom stereocenters. The summed E-state index contributed by atoms with van der Waals surface area (Å²) in [5.74, 6) is 6.27. The molecule has 0 amide bonds. The summed E-state index contributed by atoms with van der Waals surface area (Å²) < 4.78 is 0. The molecule has 0 nitrogen and oxygen atoms in total. The van der Waals surface area contributed by atoms with Crippen LogP contribution in [0, 0.1) is 24.7 Å². The molecule has 2 aliphatic rings. The minimum atomic E-state index is -0.847. The van der Waals surface area contributed by atoms with Gasteiger partial charge in [0.2, 0.25) is 0 Å². The second-order valence-corrected chi connectivity index (χ2v) is 19.8. The first-order valence-corrected chi connectivity index (χ1v) is 22.8. The normalized spacial score (nSPS) is 11.0. The van der Waals surface area contributed by atoms with Crippen molar-refractivity contribution in [2.45, 2.75) is 12.8 Å². The minimum Gasteiger partial charge on any atom is -0.366 e. The average molecular weight is 1160 g/mol. The van der Waals surface area contributed by atoms with Crippen LogP contribution in [0.25, 0.3) is 22.3 Å². The zero-order valence-corrected chi connectivity index (χ0v) is 38.7. The van der Waals surface area contributed by atoms with Crippen LogP contribution in [-0.2, 0) is 57.6 Å². The summed E-state index contributed by atoms with van der Waals surface area (Å²) in [6.07, 6.45) is 16.4. The molecule has 0 unspecified atom stereocenters. The minimum absolute atomic E-state index is 0. The Balaban J connectivity index is 0.000000156. The van der Waals surface area contributed by atoms with E-state index in [4.69, 9.17) is 12.8 Å². The first kappa shape index (κ1) is 43.8. The van der Waals surface area contributed by atoms with Gasteiger partial charge in [-0.05, 0) is 94.8 Å². The summed E-state index contributed by atoms with van der Waals surface area (Å²) in [5, 5.41) is 6.01. The molecule has 0 aliphatic heterocycles. The standard InChI is InChI=1S/C25H22P2.2C15H9.2Au/c1-5-13-22(14-6-1)26(23-15-7-2-8-16-23)21-27(24-17-9-3-10-18-24)25-19-11-4-12-20-25;2*1-2-11-7-5-9-14-13-8-4-3-6-12(13)10-15(11)14;;/h1-20H,21H2;2*3-9H,10H2;;/q;2*-1;2*+1/p+2. The van der Waals surface area contributed by atoms with E-state index in [1.165, 1.54) is 71.6 Å². The molecule has 8 aromatic rings. The Hall–Kier alpha value is -4.78. The van der Waals surface area contributed by atoms with Gasteiger partial charge in [-0.1, -0.05) is 146 Å². The fraction of sp³-hybridized carbons (Fsp3) is 0.0545. The van der Waals surface area contributed by atoms with Gasteiger partial charge >= 0.3 is 44.8 Å². The fourth-order valence-electron chi connectivity index (χ4n) is 8.02. The Labute approximate surface area is 384 Å².